The van der Waals surface area contributed by atoms with Crippen molar-refractivity contribution in [2.45, 2.75) is 50.1 Å². The van der Waals surface area contributed by atoms with Gasteiger partial charge in [0.1, 0.15) is 47.9 Å². The lowest BCUT2D eigenvalue weighted by Crippen LogP contribution is -2.50. The molecule has 2 aromatic carbocycles. The lowest BCUT2D eigenvalue weighted by atomic mass is 10.0. The maximum absolute atomic E-state index is 11.5. The topological polar surface area (TPSA) is 230 Å². The Kier molecular flexibility index (Phi) is 16.0. The van der Waals surface area contributed by atoms with Gasteiger partial charge >= 0.3 is 0 Å². The van der Waals surface area contributed by atoms with Gasteiger partial charge < -0.3 is 46.5 Å². The number of aryl methyl sites for hydroxylation is 1. The molecule has 1 amide bonds. The molecule has 1 aromatic heterocycles. The van der Waals surface area contributed by atoms with E-state index in [4.69, 9.17) is 26.0 Å². The van der Waals surface area contributed by atoms with E-state index < -0.39 is 36.9 Å². The van der Waals surface area contributed by atoms with E-state index in [1.807, 2.05) is 59.5 Å². The number of nitrogens with zero attached hydrogens (tertiary/aromatic N) is 4. The van der Waals surface area contributed by atoms with E-state index in [9.17, 15) is 25.2 Å². The van der Waals surface area contributed by atoms with Crippen LogP contribution in [-0.4, -0.2) is 123 Å². The van der Waals surface area contributed by atoms with Crippen LogP contribution in [0.25, 0.3) is 0 Å². The molecule has 9 N–H and O–H groups in total. The quantitative estimate of drug-likeness (QED) is 0.0428. The maximum atomic E-state index is 11.5. The second-order valence-electron chi connectivity index (χ2n) is 10.9. The summed E-state index contributed by atoms with van der Waals surface area (Å²) in [5.41, 5.74) is 12.6. The fourth-order valence-electron chi connectivity index (χ4n) is 4.69. The van der Waals surface area contributed by atoms with Gasteiger partial charge in [0.25, 0.3) is 5.91 Å². The molecule has 0 saturated heterocycles. The summed E-state index contributed by atoms with van der Waals surface area (Å²) in [7, 11) is 0. The molecule has 0 aliphatic heterocycles. The third-order valence-corrected chi connectivity index (χ3v) is 7.33. The van der Waals surface area contributed by atoms with Crippen molar-refractivity contribution in [2.24, 2.45) is 16.5 Å². The molecule has 0 aliphatic carbocycles. The van der Waals surface area contributed by atoms with Crippen molar-refractivity contribution in [3.8, 4) is 11.5 Å². The predicted octanol–water partition coefficient (Wildman–Crippen LogP) is -0.110. The monoisotopic (exact) mass is 654 g/mol. The first kappa shape index (κ1) is 37.3. The number of unbranched alkanes of at least 4 members (excludes halogenated alkanes) is 1. The Labute approximate surface area is 274 Å². The second-order valence-corrected chi connectivity index (χ2v) is 10.9. The minimum atomic E-state index is -1.69. The predicted molar refractivity (Wildman–Crippen MR) is 175 cm³/mol. The molecule has 14 nitrogen and oxygen atoms in total. The number of aliphatic imine (C=N–C) groups is 1. The summed E-state index contributed by atoms with van der Waals surface area (Å²) in [6.07, 6.45) is -0.409. The molecule has 14 heteroatoms. The van der Waals surface area contributed by atoms with Crippen molar-refractivity contribution in [3.63, 3.8) is 0 Å². The largest absolute Gasteiger partial charge is 0.494 e. The molecule has 4 unspecified atom stereocenters. The highest BCUT2D eigenvalue weighted by Crippen LogP contribution is 2.15. The lowest BCUT2D eigenvalue weighted by molar-refractivity contribution is -0.119. The number of nitrogens with two attached hydrogens (primary N) is 2. The van der Waals surface area contributed by atoms with Gasteiger partial charge in [0.05, 0.1) is 19.3 Å². The zero-order valence-electron chi connectivity index (χ0n) is 26.3. The number of hydrogen-bond acceptors (Lipinski definition) is 12. The second kappa shape index (κ2) is 20.1. The van der Waals surface area contributed by atoms with Gasteiger partial charge in [-0.3, -0.25) is 14.7 Å². The van der Waals surface area contributed by atoms with Crippen LogP contribution in [-0.2, 0) is 6.42 Å². The minimum Gasteiger partial charge on any atom is -0.494 e. The van der Waals surface area contributed by atoms with Crippen molar-refractivity contribution in [1.82, 2.24) is 14.9 Å². The van der Waals surface area contributed by atoms with Crippen molar-refractivity contribution < 1.29 is 39.8 Å². The van der Waals surface area contributed by atoms with Crippen molar-refractivity contribution in [1.29, 1.82) is 0 Å². The number of amidine groups is 1. The Hall–Kier alpha value is -4.18. The zero-order chi connectivity index (χ0) is 34.0. The van der Waals surface area contributed by atoms with Crippen LogP contribution in [0.5, 0.6) is 11.5 Å². The molecule has 3 aromatic rings. The van der Waals surface area contributed by atoms with Gasteiger partial charge in [-0.05, 0) is 55.5 Å². The number of carbonyl (C=O) groups is 1. The Bertz CT molecular complexity index is 1360. The van der Waals surface area contributed by atoms with Crippen LogP contribution in [0, 0.1) is 0 Å². The Balaban J connectivity index is 1.44. The third-order valence-electron chi connectivity index (χ3n) is 7.33. The van der Waals surface area contributed by atoms with Crippen molar-refractivity contribution in [3.05, 3.63) is 83.9 Å². The molecule has 0 saturated carbocycles. The number of primary amides is 1. The number of benzene rings is 2. The number of carbonyl (C=O) groups excluding carboxylic acids is 1. The van der Waals surface area contributed by atoms with Crippen LogP contribution in [0.15, 0.2) is 72.0 Å². The molecule has 3 rings (SSSR count). The molecular formula is C33H46N6O8. The smallest absolute Gasteiger partial charge is 0.269 e. The first-order valence-corrected chi connectivity index (χ1v) is 15.6. The normalized spacial score (nSPS) is 14.4. The number of hydrogen-bond donors (Lipinski definition) is 7. The van der Waals surface area contributed by atoms with Crippen LogP contribution in [0.2, 0.25) is 0 Å². The van der Waals surface area contributed by atoms with Gasteiger partial charge in [-0.2, -0.15) is 0 Å². The van der Waals surface area contributed by atoms with Gasteiger partial charge in [0.15, 0.2) is 5.69 Å². The van der Waals surface area contributed by atoms with Crippen molar-refractivity contribution >= 4 is 11.7 Å². The van der Waals surface area contributed by atoms with E-state index in [2.05, 4.69) is 15.0 Å². The third kappa shape index (κ3) is 12.9. The number of amides is 1. The standard InChI is InChI=1S/C33H46N6O8/c34-32(28-29(33(35)45)37-16-15-36-28)38-14-5-4-7-23-10-12-25(13-11-23)47-20-18-39(17-6-19-46-24-8-2-1-3-9-24)21-26(41)30(43)31(44)27(42)22-40/h1-3,8-13,15-16,26-27,30-31,40-44H,4-7,14,17-22H2,(H2,34,38)(H2,35,45). The van der Waals surface area contributed by atoms with E-state index in [-0.39, 0.29) is 23.8 Å². The Morgan fingerprint density at radius 3 is 2.11 bits per heavy atom. The minimum absolute atomic E-state index is 0.00472. The molecule has 0 fully saturated rings. The zero-order valence-corrected chi connectivity index (χ0v) is 26.3. The number of aromatic nitrogens is 2. The molecule has 0 spiro atoms. The Morgan fingerprint density at radius 2 is 1.43 bits per heavy atom. The highest BCUT2D eigenvalue weighted by atomic mass is 16.5. The highest BCUT2D eigenvalue weighted by molar-refractivity contribution is 6.05. The summed E-state index contributed by atoms with van der Waals surface area (Å²) in [4.78, 5) is 25.7. The van der Waals surface area contributed by atoms with Crippen LogP contribution in [0.1, 0.15) is 41.0 Å². The fraction of sp³-hybridized carbons (Fsp3) is 0.455. The van der Waals surface area contributed by atoms with Gasteiger partial charge in [-0.25, -0.2) is 9.97 Å². The fourth-order valence-corrected chi connectivity index (χ4v) is 4.69. The number of aliphatic hydroxyl groups excluding tert-OH is 5. The van der Waals surface area contributed by atoms with Gasteiger partial charge in [0.2, 0.25) is 0 Å². The number of ether oxygens (including phenoxy) is 2. The summed E-state index contributed by atoms with van der Waals surface area (Å²) in [5, 5.41) is 49.6. The van der Waals surface area contributed by atoms with Gasteiger partial charge in [0, 0.05) is 38.6 Å². The first-order chi connectivity index (χ1) is 22.7. The molecule has 0 radical (unpaired) electrons. The van der Waals surface area contributed by atoms with Crippen LogP contribution >= 0.6 is 0 Å². The summed E-state index contributed by atoms with van der Waals surface area (Å²) >= 11 is 0. The van der Waals surface area contributed by atoms with E-state index >= 15 is 0 Å². The Morgan fingerprint density at radius 1 is 0.787 bits per heavy atom. The van der Waals surface area contributed by atoms with E-state index in [0.717, 1.165) is 30.6 Å². The lowest BCUT2D eigenvalue weighted by Gasteiger charge is -2.30. The summed E-state index contributed by atoms with van der Waals surface area (Å²) in [6, 6.07) is 17.1. The van der Waals surface area contributed by atoms with Crippen LogP contribution in [0.3, 0.4) is 0 Å². The SMILES string of the molecule is NC(=O)c1nccnc1C(N)=NCCCCc1ccc(OCCN(CCCOc2ccccc2)CC(O)C(O)C(O)C(O)CO)cc1. The molecule has 256 valence electrons. The molecule has 0 aliphatic rings. The molecule has 0 bridgehead atoms. The average molecular weight is 655 g/mol. The number of aliphatic hydroxyl groups is 5. The van der Waals surface area contributed by atoms with Crippen molar-refractivity contribution in [2.75, 3.05) is 46.0 Å². The van der Waals surface area contributed by atoms with E-state index in [1.54, 1.807) is 0 Å². The summed E-state index contributed by atoms with van der Waals surface area (Å²) < 4.78 is 11.7. The number of para-hydroxylation sites is 1. The summed E-state index contributed by atoms with van der Waals surface area (Å²) in [6.45, 7) is 1.38. The van der Waals surface area contributed by atoms with Crippen LogP contribution < -0.4 is 20.9 Å². The van der Waals surface area contributed by atoms with Gasteiger partial charge in [-0.15, -0.1) is 0 Å². The average Bonchev–Trinajstić information content (AvgIpc) is 3.09. The van der Waals surface area contributed by atoms with Crippen LogP contribution in [0.4, 0.5) is 0 Å². The summed E-state index contributed by atoms with van der Waals surface area (Å²) in [5.74, 6) is 0.831. The molecule has 1 heterocycles. The first-order valence-electron chi connectivity index (χ1n) is 15.6. The maximum Gasteiger partial charge on any atom is 0.269 e. The molecule has 4 atom stereocenters. The highest BCUT2D eigenvalue weighted by Gasteiger charge is 2.31. The number of rotatable bonds is 22. The van der Waals surface area contributed by atoms with E-state index in [0.29, 0.717) is 45.0 Å². The molecule has 47 heavy (non-hydrogen) atoms. The van der Waals surface area contributed by atoms with E-state index in [1.165, 1.54) is 12.4 Å². The molecular weight excluding hydrogens is 608 g/mol. The van der Waals surface area contributed by atoms with Gasteiger partial charge in [-0.1, -0.05) is 30.3 Å².